The van der Waals surface area contributed by atoms with Gasteiger partial charge in [0.25, 0.3) is 5.56 Å². The Labute approximate surface area is 105 Å². The molecule has 0 aromatic carbocycles. The smallest absolute Gasteiger partial charge is 0.274 e. The third kappa shape index (κ3) is 1.84. The highest BCUT2D eigenvalue weighted by atomic mass is 16.5. The first-order valence-corrected chi connectivity index (χ1v) is 6.46. The van der Waals surface area contributed by atoms with Crippen LogP contribution < -0.4 is 5.56 Å². The Bertz CT molecular complexity index is 608. The van der Waals surface area contributed by atoms with Crippen LogP contribution in [0.2, 0.25) is 0 Å². The SMILES string of the molecule is CCc1cn2c(C3CCOCC3)ncc2c(=O)[nH]1. The van der Waals surface area contributed by atoms with Crippen LogP contribution in [0, 0.1) is 0 Å². The molecule has 0 bridgehead atoms. The second kappa shape index (κ2) is 4.57. The summed E-state index contributed by atoms with van der Waals surface area (Å²) in [5, 5.41) is 0. The van der Waals surface area contributed by atoms with Crippen LogP contribution in [0.1, 0.15) is 37.2 Å². The third-order valence-corrected chi connectivity index (χ3v) is 3.58. The van der Waals surface area contributed by atoms with Gasteiger partial charge in [-0.25, -0.2) is 4.98 Å². The summed E-state index contributed by atoms with van der Waals surface area (Å²) < 4.78 is 7.33. The lowest BCUT2D eigenvalue weighted by Crippen LogP contribution is -2.18. The van der Waals surface area contributed by atoms with E-state index in [1.54, 1.807) is 6.20 Å². The zero-order valence-electron chi connectivity index (χ0n) is 10.5. The quantitative estimate of drug-likeness (QED) is 0.874. The van der Waals surface area contributed by atoms with E-state index in [1.807, 2.05) is 17.5 Å². The van der Waals surface area contributed by atoms with Crippen LogP contribution in [0.4, 0.5) is 0 Å². The summed E-state index contributed by atoms with van der Waals surface area (Å²) in [5.74, 6) is 1.39. The van der Waals surface area contributed by atoms with Gasteiger partial charge in [0, 0.05) is 31.0 Å². The van der Waals surface area contributed by atoms with Crippen molar-refractivity contribution in [1.82, 2.24) is 14.4 Å². The van der Waals surface area contributed by atoms with Crippen molar-refractivity contribution in [3.05, 3.63) is 34.3 Å². The molecule has 1 aliphatic rings. The molecule has 0 spiro atoms. The topological polar surface area (TPSA) is 59.4 Å². The number of H-pyrrole nitrogens is 1. The summed E-state index contributed by atoms with van der Waals surface area (Å²) >= 11 is 0. The fraction of sp³-hybridized carbons (Fsp3) is 0.538. The maximum absolute atomic E-state index is 11.9. The lowest BCUT2D eigenvalue weighted by molar-refractivity contribution is 0.0835. The number of fused-ring (bicyclic) bond motifs is 1. The minimum absolute atomic E-state index is 0.0554. The molecule has 3 rings (SSSR count). The molecular formula is C13H17N3O2. The minimum atomic E-state index is -0.0554. The highest BCUT2D eigenvalue weighted by Gasteiger charge is 2.21. The first-order chi connectivity index (χ1) is 8.79. The Kier molecular flexibility index (Phi) is 2.91. The van der Waals surface area contributed by atoms with Gasteiger partial charge in [0.05, 0.1) is 6.20 Å². The van der Waals surface area contributed by atoms with Crippen LogP contribution in [0.3, 0.4) is 0 Å². The number of aryl methyl sites for hydroxylation is 1. The molecule has 0 atom stereocenters. The first-order valence-electron chi connectivity index (χ1n) is 6.46. The van der Waals surface area contributed by atoms with Gasteiger partial charge in [-0.15, -0.1) is 0 Å². The molecule has 18 heavy (non-hydrogen) atoms. The van der Waals surface area contributed by atoms with E-state index in [9.17, 15) is 4.79 Å². The molecule has 1 aliphatic heterocycles. The Morgan fingerprint density at radius 3 is 3.00 bits per heavy atom. The average Bonchev–Trinajstić information content (AvgIpc) is 2.84. The van der Waals surface area contributed by atoms with Crippen molar-refractivity contribution in [3.8, 4) is 0 Å². The standard InChI is InChI=1S/C13H17N3O2/c1-2-10-8-16-11(13(17)15-10)7-14-12(16)9-3-5-18-6-4-9/h7-9H,2-6H2,1H3,(H,15,17). The number of hydrogen-bond acceptors (Lipinski definition) is 3. The summed E-state index contributed by atoms with van der Waals surface area (Å²) in [6, 6.07) is 0. The Balaban J connectivity index is 2.12. The van der Waals surface area contributed by atoms with Gasteiger partial charge >= 0.3 is 0 Å². The molecule has 0 radical (unpaired) electrons. The van der Waals surface area contributed by atoms with Crippen LogP contribution in [0.5, 0.6) is 0 Å². The van der Waals surface area contributed by atoms with E-state index in [2.05, 4.69) is 9.97 Å². The van der Waals surface area contributed by atoms with E-state index in [4.69, 9.17) is 4.74 Å². The maximum Gasteiger partial charge on any atom is 0.274 e. The minimum Gasteiger partial charge on any atom is -0.381 e. The van der Waals surface area contributed by atoms with Crippen molar-refractivity contribution < 1.29 is 4.74 Å². The van der Waals surface area contributed by atoms with Crippen molar-refractivity contribution in [3.63, 3.8) is 0 Å². The Morgan fingerprint density at radius 1 is 1.50 bits per heavy atom. The highest BCUT2D eigenvalue weighted by Crippen LogP contribution is 2.25. The van der Waals surface area contributed by atoms with Crippen molar-refractivity contribution in [2.75, 3.05) is 13.2 Å². The number of hydrogen-bond donors (Lipinski definition) is 1. The molecule has 5 nitrogen and oxygen atoms in total. The lowest BCUT2D eigenvalue weighted by atomic mass is 10.00. The van der Waals surface area contributed by atoms with Crippen molar-refractivity contribution in [1.29, 1.82) is 0 Å². The van der Waals surface area contributed by atoms with Gasteiger partial charge in [-0.05, 0) is 19.3 Å². The molecule has 1 saturated heterocycles. The second-order valence-corrected chi connectivity index (χ2v) is 4.72. The predicted octanol–water partition coefficient (Wildman–Crippen LogP) is 1.48. The van der Waals surface area contributed by atoms with E-state index in [-0.39, 0.29) is 5.56 Å². The molecule has 3 heterocycles. The van der Waals surface area contributed by atoms with Crippen molar-refractivity contribution >= 4 is 5.52 Å². The predicted molar refractivity (Wildman–Crippen MR) is 68.0 cm³/mol. The summed E-state index contributed by atoms with van der Waals surface area (Å²) in [5.41, 5.74) is 1.52. The first kappa shape index (κ1) is 11.5. The number of nitrogens with one attached hydrogen (secondary N) is 1. The van der Waals surface area contributed by atoms with Gasteiger partial charge in [0.1, 0.15) is 11.3 Å². The number of nitrogens with zero attached hydrogens (tertiary/aromatic N) is 2. The van der Waals surface area contributed by atoms with E-state index in [0.29, 0.717) is 11.4 Å². The van der Waals surface area contributed by atoms with Crippen LogP contribution >= 0.6 is 0 Å². The normalized spacial score (nSPS) is 17.4. The summed E-state index contributed by atoms with van der Waals surface area (Å²) in [6.45, 7) is 3.59. The van der Waals surface area contributed by atoms with Gasteiger partial charge in [-0.2, -0.15) is 0 Å². The largest absolute Gasteiger partial charge is 0.381 e. The molecule has 0 unspecified atom stereocenters. The fourth-order valence-electron chi connectivity index (χ4n) is 2.51. The van der Waals surface area contributed by atoms with Crippen molar-refractivity contribution in [2.45, 2.75) is 32.1 Å². The Morgan fingerprint density at radius 2 is 2.28 bits per heavy atom. The molecule has 5 heteroatoms. The number of ether oxygens (including phenoxy) is 1. The van der Waals surface area contributed by atoms with Crippen LogP contribution in [-0.4, -0.2) is 27.6 Å². The van der Waals surface area contributed by atoms with Gasteiger partial charge in [0.15, 0.2) is 0 Å². The highest BCUT2D eigenvalue weighted by molar-refractivity contribution is 5.44. The molecule has 0 saturated carbocycles. The van der Waals surface area contributed by atoms with E-state index < -0.39 is 0 Å². The van der Waals surface area contributed by atoms with E-state index in [1.165, 1.54) is 0 Å². The Hall–Kier alpha value is -1.62. The molecule has 0 aliphatic carbocycles. The molecule has 2 aromatic heterocycles. The number of aromatic amines is 1. The molecule has 0 amide bonds. The van der Waals surface area contributed by atoms with Crippen LogP contribution in [0.25, 0.3) is 5.52 Å². The zero-order valence-corrected chi connectivity index (χ0v) is 10.5. The lowest BCUT2D eigenvalue weighted by Gasteiger charge is -2.21. The van der Waals surface area contributed by atoms with Crippen LogP contribution in [0.15, 0.2) is 17.2 Å². The maximum atomic E-state index is 11.9. The summed E-state index contributed by atoms with van der Waals surface area (Å²) in [7, 11) is 0. The summed E-state index contributed by atoms with van der Waals surface area (Å²) in [4.78, 5) is 19.2. The average molecular weight is 247 g/mol. The summed E-state index contributed by atoms with van der Waals surface area (Å²) in [6.07, 6.45) is 6.44. The van der Waals surface area contributed by atoms with E-state index >= 15 is 0 Å². The van der Waals surface area contributed by atoms with Gasteiger partial charge < -0.3 is 9.72 Å². The van der Waals surface area contributed by atoms with Crippen LogP contribution in [-0.2, 0) is 11.2 Å². The fourth-order valence-corrected chi connectivity index (χ4v) is 2.51. The molecular weight excluding hydrogens is 230 g/mol. The molecule has 2 aromatic rings. The third-order valence-electron chi connectivity index (χ3n) is 3.58. The van der Waals surface area contributed by atoms with Crippen molar-refractivity contribution in [2.24, 2.45) is 0 Å². The molecule has 1 fully saturated rings. The van der Waals surface area contributed by atoms with Gasteiger partial charge in [-0.1, -0.05) is 6.92 Å². The van der Waals surface area contributed by atoms with Gasteiger partial charge in [-0.3, -0.25) is 9.20 Å². The number of aromatic nitrogens is 3. The molecule has 1 N–H and O–H groups in total. The second-order valence-electron chi connectivity index (χ2n) is 4.72. The molecule has 96 valence electrons. The monoisotopic (exact) mass is 247 g/mol. The number of imidazole rings is 1. The van der Waals surface area contributed by atoms with E-state index in [0.717, 1.165) is 44.0 Å². The number of rotatable bonds is 2. The van der Waals surface area contributed by atoms with Gasteiger partial charge in [0.2, 0.25) is 0 Å². The zero-order chi connectivity index (χ0) is 12.5.